The Bertz CT molecular complexity index is 1150. The molecule has 2 N–H and O–H groups in total. The number of nitrogens with zero attached hydrogens (tertiary/aromatic N) is 3. The van der Waals surface area contributed by atoms with Crippen molar-refractivity contribution < 1.29 is 18.3 Å². The average Bonchev–Trinajstić information content (AvgIpc) is 2.73. The van der Waals surface area contributed by atoms with Crippen molar-refractivity contribution in [3.8, 4) is 22.7 Å². The number of hydrogen-bond acceptors (Lipinski definition) is 6. The molecule has 0 bridgehead atoms. The first-order valence-electron chi connectivity index (χ1n) is 8.85. The van der Waals surface area contributed by atoms with Crippen LogP contribution in [0.4, 0.5) is 8.78 Å². The van der Waals surface area contributed by atoms with Crippen molar-refractivity contribution in [1.82, 2.24) is 25.4 Å². The summed E-state index contributed by atoms with van der Waals surface area (Å²) in [6.07, 6.45) is 1.16. The summed E-state index contributed by atoms with van der Waals surface area (Å²) in [5.74, 6) is -0.139. The Hall–Kier alpha value is -3.66. The fourth-order valence-electron chi connectivity index (χ4n) is 2.88. The van der Waals surface area contributed by atoms with Gasteiger partial charge in [0.15, 0.2) is 0 Å². The third-order valence-electron chi connectivity index (χ3n) is 4.32. The van der Waals surface area contributed by atoms with E-state index in [1.165, 1.54) is 37.1 Å². The normalized spacial score (nSPS) is 10.9. The highest BCUT2D eigenvalue weighted by Gasteiger charge is 2.21. The average molecular weight is 415 g/mol. The second kappa shape index (κ2) is 8.78. The van der Waals surface area contributed by atoms with E-state index in [2.05, 4.69) is 20.8 Å². The summed E-state index contributed by atoms with van der Waals surface area (Å²) in [5.41, 5.74) is 5.48. The van der Waals surface area contributed by atoms with Crippen molar-refractivity contribution in [3.63, 3.8) is 0 Å². The zero-order chi connectivity index (χ0) is 21.8. The summed E-state index contributed by atoms with van der Waals surface area (Å²) < 4.78 is 33.1. The van der Waals surface area contributed by atoms with Gasteiger partial charge in [0.2, 0.25) is 0 Å². The number of pyridine rings is 3. The smallest absolute Gasteiger partial charge is 0.280 e. The third-order valence-corrected chi connectivity index (χ3v) is 4.32. The van der Waals surface area contributed by atoms with E-state index < -0.39 is 18.0 Å². The second-order valence-corrected chi connectivity index (χ2v) is 6.31. The number of alkyl halides is 2. The maximum atomic E-state index is 13.3. The molecule has 3 aromatic rings. The number of aryl methyl sites for hydroxylation is 1. The first-order valence-corrected chi connectivity index (χ1v) is 8.85. The molecule has 156 valence electrons. The molecule has 30 heavy (non-hydrogen) atoms. The maximum Gasteiger partial charge on any atom is 0.280 e. The van der Waals surface area contributed by atoms with Crippen LogP contribution in [-0.2, 0) is 0 Å². The number of methoxy groups -OCH3 is 1. The number of carbonyl (C=O) groups excluding carboxylic acids is 1. The molecule has 1 amide bonds. The number of carbonyl (C=O) groups is 1. The molecule has 0 saturated carbocycles. The van der Waals surface area contributed by atoms with Gasteiger partial charge < -0.3 is 4.74 Å². The summed E-state index contributed by atoms with van der Waals surface area (Å²) >= 11 is 0. The number of amides is 1. The van der Waals surface area contributed by atoms with Crippen LogP contribution in [0.2, 0.25) is 0 Å². The quantitative estimate of drug-likeness (QED) is 0.600. The fraction of sp³-hybridized carbons (Fsp3) is 0.200. The molecule has 3 heterocycles. The van der Waals surface area contributed by atoms with Gasteiger partial charge in [-0.25, -0.2) is 19.2 Å². The minimum atomic E-state index is -2.81. The van der Waals surface area contributed by atoms with Crippen LogP contribution in [0.25, 0.3) is 16.9 Å². The number of hydrogen-bond donors (Lipinski definition) is 2. The Kier molecular flexibility index (Phi) is 6.17. The molecule has 0 spiro atoms. The molecule has 0 atom stereocenters. The molecule has 0 radical (unpaired) electrons. The number of halogens is 2. The Balaban J connectivity index is 2.28. The minimum absolute atomic E-state index is 0.0953. The second-order valence-electron chi connectivity index (χ2n) is 6.31. The predicted octanol–water partition coefficient (Wildman–Crippen LogP) is 2.41. The molecule has 0 aliphatic heterocycles. The summed E-state index contributed by atoms with van der Waals surface area (Å²) in [4.78, 5) is 32.8. The lowest BCUT2D eigenvalue weighted by molar-refractivity contribution is 0.0938. The molecular formula is C20H19F2N5O3. The van der Waals surface area contributed by atoms with Crippen LogP contribution in [0.3, 0.4) is 0 Å². The largest absolute Gasteiger partial charge is 0.494 e. The Morgan fingerprint density at radius 1 is 1.17 bits per heavy atom. The summed E-state index contributed by atoms with van der Waals surface area (Å²) in [7, 11) is 2.87. The first kappa shape index (κ1) is 21.1. The van der Waals surface area contributed by atoms with Gasteiger partial charge in [-0.15, -0.1) is 0 Å². The molecule has 0 unspecified atom stereocenters. The number of aromatic nitrogens is 3. The van der Waals surface area contributed by atoms with E-state index in [0.717, 1.165) is 17.8 Å². The van der Waals surface area contributed by atoms with E-state index in [0.29, 0.717) is 0 Å². The molecule has 10 heteroatoms. The lowest BCUT2D eigenvalue weighted by atomic mass is 10.00. The molecule has 0 saturated heterocycles. The van der Waals surface area contributed by atoms with Crippen molar-refractivity contribution in [2.24, 2.45) is 0 Å². The van der Waals surface area contributed by atoms with Crippen LogP contribution < -0.4 is 21.1 Å². The van der Waals surface area contributed by atoms with Gasteiger partial charge in [0.05, 0.1) is 18.9 Å². The molecule has 3 aromatic heterocycles. The molecule has 3 rings (SSSR count). The van der Waals surface area contributed by atoms with E-state index in [-0.39, 0.29) is 33.8 Å². The van der Waals surface area contributed by atoms with Crippen molar-refractivity contribution in [1.29, 1.82) is 0 Å². The third kappa shape index (κ3) is 4.18. The molecule has 0 aliphatic rings. The summed E-state index contributed by atoms with van der Waals surface area (Å²) in [6.45, 7) is 1.78. The Labute approximate surface area is 170 Å². The van der Waals surface area contributed by atoms with Crippen LogP contribution in [-0.4, -0.2) is 34.6 Å². The number of ether oxygens (including phenoxy) is 1. The highest BCUT2D eigenvalue weighted by molar-refractivity contribution is 6.01. The lowest BCUT2D eigenvalue weighted by Crippen LogP contribution is -2.34. The number of rotatable bonds is 6. The SMILES string of the molecule is CNNC(=O)c1cnc(-n2ccc(C)cc2=O)cc1-c1cc(C(F)F)ncc1OC. The predicted molar refractivity (Wildman–Crippen MR) is 106 cm³/mol. The standard InChI is InChI=1S/C20H19F2N5O3/c1-11-4-5-27(18(28)6-11)17-8-12(14(9-25-17)20(29)26-23-2)13-7-15(19(21)22)24-10-16(13)30-3/h4-10,19,23H,1-3H3,(H,26,29). The Morgan fingerprint density at radius 3 is 2.57 bits per heavy atom. The van der Waals surface area contributed by atoms with Crippen LogP contribution >= 0.6 is 0 Å². The fourth-order valence-corrected chi connectivity index (χ4v) is 2.88. The van der Waals surface area contributed by atoms with Gasteiger partial charge in [-0.05, 0) is 30.7 Å². The first-order chi connectivity index (χ1) is 14.3. The highest BCUT2D eigenvalue weighted by Crippen LogP contribution is 2.35. The zero-order valence-corrected chi connectivity index (χ0v) is 16.4. The van der Waals surface area contributed by atoms with Gasteiger partial charge in [-0.1, -0.05) is 0 Å². The van der Waals surface area contributed by atoms with Crippen LogP contribution in [0.15, 0.2) is 47.7 Å². The van der Waals surface area contributed by atoms with Gasteiger partial charge in [0.25, 0.3) is 17.9 Å². The topological polar surface area (TPSA) is 98.1 Å². The highest BCUT2D eigenvalue weighted by atomic mass is 19.3. The van der Waals surface area contributed by atoms with Crippen molar-refractivity contribution in [2.45, 2.75) is 13.3 Å². The van der Waals surface area contributed by atoms with E-state index in [9.17, 15) is 18.4 Å². The minimum Gasteiger partial charge on any atom is -0.494 e. The Morgan fingerprint density at radius 2 is 1.93 bits per heavy atom. The summed E-state index contributed by atoms with van der Waals surface area (Å²) in [6, 6.07) is 5.78. The molecule has 8 nitrogen and oxygen atoms in total. The molecule has 0 aliphatic carbocycles. The summed E-state index contributed by atoms with van der Waals surface area (Å²) in [5, 5.41) is 0. The van der Waals surface area contributed by atoms with Crippen molar-refractivity contribution in [2.75, 3.05) is 14.2 Å². The maximum absolute atomic E-state index is 13.3. The number of hydrazine groups is 1. The van der Waals surface area contributed by atoms with E-state index in [4.69, 9.17) is 4.74 Å². The van der Waals surface area contributed by atoms with Gasteiger partial charge in [-0.2, -0.15) is 0 Å². The van der Waals surface area contributed by atoms with Gasteiger partial charge >= 0.3 is 0 Å². The van der Waals surface area contributed by atoms with Crippen molar-refractivity contribution >= 4 is 5.91 Å². The molecular weight excluding hydrogens is 396 g/mol. The zero-order valence-electron chi connectivity index (χ0n) is 16.4. The monoisotopic (exact) mass is 415 g/mol. The van der Waals surface area contributed by atoms with Crippen LogP contribution in [0.5, 0.6) is 5.75 Å². The van der Waals surface area contributed by atoms with Gasteiger partial charge in [0, 0.05) is 36.6 Å². The molecule has 0 fully saturated rings. The van der Waals surface area contributed by atoms with Gasteiger partial charge in [0.1, 0.15) is 17.3 Å². The molecule has 0 aromatic carbocycles. The van der Waals surface area contributed by atoms with Crippen LogP contribution in [0, 0.1) is 6.92 Å². The lowest BCUT2D eigenvalue weighted by Gasteiger charge is -2.15. The van der Waals surface area contributed by atoms with E-state index >= 15 is 0 Å². The van der Waals surface area contributed by atoms with Crippen LogP contribution in [0.1, 0.15) is 28.0 Å². The van der Waals surface area contributed by atoms with E-state index in [1.807, 2.05) is 0 Å². The van der Waals surface area contributed by atoms with Crippen molar-refractivity contribution in [3.05, 3.63) is 70.0 Å². The van der Waals surface area contributed by atoms with Gasteiger partial charge in [-0.3, -0.25) is 24.6 Å². The van der Waals surface area contributed by atoms with E-state index in [1.54, 1.807) is 19.2 Å². The number of nitrogens with one attached hydrogen (secondary N) is 2.